The lowest BCUT2D eigenvalue weighted by Gasteiger charge is -2.44. The van der Waals surface area contributed by atoms with E-state index in [1.807, 2.05) is 30.3 Å². The molecular formula is C17H14FNO3S. The number of nitrogens with zero attached hydrogens (tertiary/aromatic N) is 1. The van der Waals surface area contributed by atoms with Gasteiger partial charge in [0.05, 0.1) is 0 Å². The van der Waals surface area contributed by atoms with Crippen LogP contribution in [0.1, 0.15) is 18.5 Å². The third kappa shape index (κ3) is 3.22. The zero-order valence-corrected chi connectivity index (χ0v) is 13.1. The van der Waals surface area contributed by atoms with Crippen molar-refractivity contribution in [3.63, 3.8) is 0 Å². The number of halogens is 1. The molecule has 3 rings (SSSR count). The van der Waals surface area contributed by atoms with E-state index in [0.29, 0.717) is 0 Å². The molecule has 0 aliphatic carbocycles. The number of benzene rings is 2. The Bertz CT molecular complexity index is 720. The summed E-state index contributed by atoms with van der Waals surface area (Å²) in [5.41, 5.74) is 0.723. The molecule has 1 amide bonds. The van der Waals surface area contributed by atoms with Crippen LogP contribution in [0.3, 0.4) is 0 Å². The Kier molecular flexibility index (Phi) is 4.34. The summed E-state index contributed by atoms with van der Waals surface area (Å²) in [6.07, 6.45) is -0.867. The van der Waals surface area contributed by atoms with Gasteiger partial charge in [-0.2, -0.15) is 0 Å². The first-order valence-electron chi connectivity index (χ1n) is 7.05. The smallest absolute Gasteiger partial charge is 0.303 e. The summed E-state index contributed by atoms with van der Waals surface area (Å²) in [6, 6.07) is 14.8. The fraction of sp³-hybridized carbons (Fsp3) is 0.176. The number of rotatable bonds is 4. The molecule has 1 saturated heterocycles. The second kappa shape index (κ2) is 6.42. The summed E-state index contributed by atoms with van der Waals surface area (Å²) in [7, 11) is 0. The number of β-lactam (4-membered cyclic amide) rings is 1. The topological polar surface area (TPSA) is 46.6 Å². The first-order valence-corrected chi connectivity index (χ1v) is 7.82. The number of amides is 1. The minimum Gasteiger partial charge on any atom is -0.450 e. The standard InChI is InChI=1S/C17H14FNO3S/c1-11(20)22-16-15(12-7-9-13(18)10-8-12)19(17(16)21)23-14-5-3-2-4-6-14/h2-10,15-16H,1H3/t15-,16-/m0/s1. The Morgan fingerprint density at radius 1 is 1.13 bits per heavy atom. The molecule has 2 atom stereocenters. The monoisotopic (exact) mass is 331 g/mol. The molecule has 1 aliphatic rings. The number of ether oxygens (including phenoxy) is 1. The van der Waals surface area contributed by atoms with Gasteiger partial charge in [0.15, 0.2) is 0 Å². The van der Waals surface area contributed by atoms with E-state index in [9.17, 15) is 14.0 Å². The Balaban J connectivity index is 1.86. The molecule has 0 unspecified atom stereocenters. The molecule has 0 N–H and O–H groups in total. The number of carbonyl (C=O) groups excluding carboxylic acids is 2. The summed E-state index contributed by atoms with van der Waals surface area (Å²) >= 11 is 1.28. The van der Waals surface area contributed by atoms with Gasteiger partial charge in [-0.1, -0.05) is 30.3 Å². The van der Waals surface area contributed by atoms with Crippen LogP contribution < -0.4 is 0 Å². The summed E-state index contributed by atoms with van der Waals surface area (Å²) in [4.78, 5) is 24.4. The van der Waals surface area contributed by atoms with Crippen molar-refractivity contribution in [2.75, 3.05) is 0 Å². The Morgan fingerprint density at radius 2 is 1.78 bits per heavy atom. The third-order valence-corrected chi connectivity index (χ3v) is 4.54. The van der Waals surface area contributed by atoms with Crippen molar-refractivity contribution in [2.45, 2.75) is 24.0 Å². The van der Waals surface area contributed by atoms with E-state index in [1.165, 1.54) is 31.0 Å². The molecule has 2 aromatic carbocycles. The van der Waals surface area contributed by atoms with Gasteiger partial charge < -0.3 is 4.74 Å². The Labute approximate surface area is 137 Å². The molecule has 0 radical (unpaired) electrons. The molecule has 0 aromatic heterocycles. The van der Waals surface area contributed by atoms with Crippen molar-refractivity contribution in [1.29, 1.82) is 0 Å². The predicted octanol–water partition coefficient (Wildman–Crippen LogP) is 3.35. The SMILES string of the molecule is CC(=O)O[C@@H]1C(=O)N(Sc2ccccc2)[C@H]1c1ccc(F)cc1. The minimum absolute atomic E-state index is 0.275. The van der Waals surface area contributed by atoms with Gasteiger partial charge >= 0.3 is 5.97 Å². The first kappa shape index (κ1) is 15.6. The van der Waals surface area contributed by atoms with Crippen LogP contribution in [0, 0.1) is 5.82 Å². The molecular weight excluding hydrogens is 317 g/mol. The Hall–Kier alpha value is -2.34. The highest BCUT2D eigenvalue weighted by atomic mass is 32.2. The van der Waals surface area contributed by atoms with Gasteiger partial charge in [0.25, 0.3) is 5.91 Å². The molecule has 1 fully saturated rings. The van der Waals surface area contributed by atoms with Crippen LogP contribution in [-0.2, 0) is 14.3 Å². The van der Waals surface area contributed by atoms with E-state index in [4.69, 9.17) is 4.74 Å². The van der Waals surface area contributed by atoms with Crippen LogP contribution in [0.4, 0.5) is 4.39 Å². The highest BCUT2D eigenvalue weighted by Crippen LogP contribution is 2.44. The van der Waals surface area contributed by atoms with E-state index < -0.39 is 18.1 Å². The van der Waals surface area contributed by atoms with Gasteiger partial charge in [-0.3, -0.25) is 13.9 Å². The maximum Gasteiger partial charge on any atom is 0.303 e. The molecule has 1 heterocycles. The van der Waals surface area contributed by atoms with Crippen molar-refractivity contribution in [3.8, 4) is 0 Å². The molecule has 2 aromatic rings. The fourth-order valence-electron chi connectivity index (χ4n) is 2.40. The van der Waals surface area contributed by atoms with Crippen molar-refractivity contribution < 1.29 is 18.7 Å². The lowest BCUT2D eigenvalue weighted by molar-refractivity contribution is -0.173. The quantitative estimate of drug-likeness (QED) is 0.490. The average Bonchev–Trinajstić information content (AvgIpc) is 2.55. The van der Waals surface area contributed by atoms with Crippen LogP contribution in [0.2, 0.25) is 0 Å². The first-order chi connectivity index (χ1) is 11.1. The second-order valence-corrected chi connectivity index (χ2v) is 6.14. The molecule has 0 spiro atoms. The van der Waals surface area contributed by atoms with Crippen LogP contribution >= 0.6 is 11.9 Å². The lowest BCUT2D eigenvalue weighted by atomic mass is 9.94. The van der Waals surface area contributed by atoms with Gasteiger partial charge in [0.1, 0.15) is 11.9 Å². The maximum absolute atomic E-state index is 13.1. The third-order valence-electron chi connectivity index (χ3n) is 3.45. The normalized spacial score (nSPS) is 20.1. The van der Waals surface area contributed by atoms with Gasteiger partial charge in [-0.05, 0) is 41.8 Å². The lowest BCUT2D eigenvalue weighted by Crippen LogP contribution is -2.56. The van der Waals surface area contributed by atoms with E-state index in [1.54, 1.807) is 16.4 Å². The minimum atomic E-state index is -0.867. The molecule has 1 aliphatic heterocycles. The van der Waals surface area contributed by atoms with Crippen molar-refractivity contribution in [2.24, 2.45) is 0 Å². The fourth-order valence-corrected chi connectivity index (χ4v) is 3.44. The Morgan fingerprint density at radius 3 is 2.39 bits per heavy atom. The van der Waals surface area contributed by atoms with Crippen molar-refractivity contribution in [3.05, 3.63) is 66.0 Å². The second-order valence-electron chi connectivity index (χ2n) is 5.09. The predicted molar refractivity (Wildman–Crippen MR) is 83.8 cm³/mol. The van der Waals surface area contributed by atoms with E-state index >= 15 is 0 Å². The van der Waals surface area contributed by atoms with Crippen LogP contribution in [0.15, 0.2) is 59.5 Å². The molecule has 4 nitrogen and oxygen atoms in total. The van der Waals surface area contributed by atoms with Crippen LogP contribution in [0.5, 0.6) is 0 Å². The van der Waals surface area contributed by atoms with E-state index in [2.05, 4.69) is 0 Å². The number of hydrogen-bond donors (Lipinski definition) is 0. The average molecular weight is 331 g/mol. The summed E-state index contributed by atoms with van der Waals surface area (Å²) < 4.78 is 19.8. The van der Waals surface area contributed by atoms with Crippen molar-refractivity contribution in [1.82, 2.24) is 4.31 Å². The van der Waals surface area contributed by atoms with Gasteiger partial charge in [-0.15, -0.1) is 0 Å². The maximum atomic E-state index is 13.1. The summed E-state index contributed by atoms with van der Waals surface area (Å²) in [5, 5.41) is 0. The molecule has 23 heavy (non-hydrogen) atoms. The van der Waals surface area contributed by atoms with Gasteiger partial charge in [0, 0.05) is 11.8 Å². The molecule has 118 valence electrons. The highest BCUT2D eigenvalue weighted by Gasteiger charge is 2.51. The molecule has 0 saturated carbocycles. The van der Waals surface area contributed by atoms with Crippen molar-refractivity contribution >= 4 is 23.8 Å². The molecule has 0 bridgehead atoms. The molecule has 6 heteroatoms. The van der Waals surface area contributed by atoms with Crippen LogP contribution in [-0.4, -0.2) is 22.3 Å². The largest absolute Gasteiger partial charge is 0.450 e. The zero-order valence-electron chi connectivity index (χ0n) is 12.3. The van der Waals surface area contributed by atoms with Gasteiger partial charge in [-0.25, -0.2) is 4.39 Å². The number of esters is 1. The number of carbonyl (C=O) groups is 2. The summed E-state index contributed by atoms with van der Waals surface area (Å²) in [5.74, 6) is -1.14. The van der Waals surface area contributed by atoms with E-state index in [-0.39, 0.29) is 11.7 Å². The van der Waals surface area contributed by atoms with Gasteiger partial charge in [0.2, 0.25) is 6.10 Å². The highest BCUT2D eigenvalue weighted by molar-refractivity contribution is 7.97. The number of hydrogen-bond acceptors (Lipinski definition) is 4. The van der Waals surface area contributed by atoms with Crippen LogP contribution in [0.25, 0.3) is 0 Å². The zero-order chi connectivity index (χ0) is 16.4. The van der Waals surface area contributed by atoms with E-state index in [0.717, 1.165) is 10.5 Å². The summed E-state index contributed by atoms with van der Waals surface area (Å²) in [6.45, 7) is 1.27.